The zero-order valence-corrected chi connectivity index (χ0v) is 22.9. The molecule has 3 aromatic heterocycles. The van der Waals surface area contributed by atoms with Crippen molar-refractivity contribution in [3.05, 3.63) is 158 Å². The molecule has 0 spiro atoms. The molecule has 0 radical (unpaired) electrons. The minimum Gasteiger partial charge on any atom is -0.295 e. The minimum atomic E-state index is 1.16. The lowest BCUT2D eigenvalue weighted by molar-refractivity contribution is 1.12. The second kappa shape index (κ2) is 8.95. The molecular weight excluding hydrogens is 508 g/mol. The first-order chi connectivity index (χ1) is 20.9. The van der Waals surface area contributed by atoms with Crippen LogP contribution < -0.4 is 0 Å². The van der Waals surface area contributed by atoms with Gasteiger partial charge < -0.3 is 0 Å². The molecule has 0 unspecified atom stereocenters. The first-order valence-electron chi connectivity index (χ1n) is 14.5. The number of hydrogen-bond donors (Lipinski definition) is 0. The van der Waals surface area contributed by atoms with E-state index in [2.05, 4.69) is 167 Å². The summed E-state index contributed by atoms with van der Waals surface area (Å²) in [6.07, 6.45) is 0. The molecule has 0 saturated carbocycles. The molecule has 2 nitrogen and oxygen atoms in total. The molecule has 0 aliphatic rings. The molecule has 0 atom stereocenters. The van der Waals surface area contributed by atoms with Crippen molar-refractivity contribution >= 4 is 49.1 Å². The Hall–Kier alpha value is -5.60. The largest absolute Gasteiger partial charge is 0.295 e. The third kappa shape index (κ3) is 3.15. The summed E-state index contributed by atoms with van der Waals surface area (Å²) in [6.45, 7) is 0. The molecule has 0 aliphatic carbocycles. The summed E-state index contributed by atoms with van der Waals surface area (Å²) in [5, 5.41) is 6.34. The van der Waals surface area contributed by atoms with Gasteiger partial charge in [-0.05, 0) is 46.3 Å². The van der Waals surface area contributed by atoms with E-state index in [0.717, 1.165) is 5.69 Å². The monoisotopic (exact) mass is 534 g/mol. The lowest BCUT2D eigenvalue weighted by Crippen LogP contribution is -1.99. The van der Waals surface area contributed by atoms with Crippen LogP contribution in [0, 0.1) is 0 Å². The van der Waals surface area contributed by atoms with Gasteiger partial charge in [-0.2, -0.15) is 0 Å². The predicted octanol–water partition coefficient (Wildman–Crippen LogP) is 10.7. The SMILES string of the molecule is c1ccc(-c2cccc3c2c2ccccc2c2c(-c4ccccc4)c4c5ccccc5n(-c5ccccc5)c4n32)cc1. The lowest BCUT2D eigenvalue weighted by atomic mass is 9.94. The number of hydrogen-bond acceptors (Lipinski definition) is 0. The Morgan fingerprint density at radius 3 is 1.69 bits per heavy atom. The predicted molar refractivity (Wildman–Crippen MR) is 178 cm³/mol. The van der Waals surface area contributed by atoms with Crippen LogP contribution in [0.2, 0.25) is 0 Å². The molecule has 0 bridgehead atoms. The van der Waals surface area contributed by atoms with Gasteiger partial charge >= 0.3 is 0 Å². The van der Waals surface area contributed by atoms with Crippen molar-refractivity contribution in [3.8, 4) is 27.9 Å². The van der Waals surface area contributed by atoms with Crippen LogP contribution in [0.5, 0.6) is 0 Å². The summed E-state index contributed by atoms with van der Waals surface area (Å²) in [6, 6.07) is 57.0. The molecule has 196 valence electrons. The van der Waals surface area contributed by atoms with Crippen molar-refractivity contribution in [2.45, 2.75) is 0 Å². The first-order valence-corrected chi connectivity index (χ1v) is 14.5. The van der Waals surface area contributed by atoms with Gasteiger partial charge in [0.15, 0.2) is 0 Å². The van der Waals surface area contributed by atoms with E-state index in [-0.39, 0.29) is 0 Å². The lowest BCUT2D eigenvalue weighted by Gasteiger charge is -2.16. The maximum Gasteiger partial charge on any atom is 0.131 e. The molecule has 0 amide bonds. The maximum atomic E-state index is 2.54. The highest BCUT2D eigenvalue weighted by Crippen LogP contribution is 2.47. The van der Waals surface area contributed by atoms with Gasteiger partial charge in [-0.15, -0.1) is 0 Å². The zero-order chi connectivity index (χ0) is 27.6. The van der Waals surface area contributed by atoms with Crippen LogP contribution in [0.15, 0.2) is 158 Å². The highest BCUT2D eigenvalue weighted by atomic mass is 15.1. The van der Waals surface area contributed by atoms with Crippen molar-refractivity contribution in [2.75, 3.05) is 0 Å². The smallest absolute Gasteiger partial charge is 0.131 e. The summed E-state index contributed by atoms with van der Waals surface area (Å²) in [5.41, 5.74) is 11.0. The summed E-state index contributed by atoms with van der Waals surface area (Å²) in [7, 11) is 0. The van der Waals surface area contributed by atoms with Crippen LogP contribution in [0.1, 0.15) is 0 Å². The molecule has 3 heterocycles. The second-order valence-electron chi connectivity index (χ2n) is 10.9. The van der Waals surface area contributed by atoms with E-state index in [9.17, 15) is 0 Å². The van der Waals surface area contributed by atoms with Crippen molar-refractivity contribution in [1.82, 2.24) is 8.97 Å². The van der Waals surface area contributed by atoms with Crippen LogP contribution in [-0.2, 0) is 0 Å². The molecular formula is C40H26N2. The molecule has 9 rings (SSSR count). The van der Waals surface area contributed by atoms with Crippen LogP contribution in [0.3, 0.4) is 0 Å². The van der Waals surface area contributed by atoms with Crippen LogP contribution >= 0.6 is 0 Å². The number of rotatable bonds is 3. The summed E-state index contributed by atoms with van der Waals surface area (Å²) < 4.78 is 4.99. The van der Waals surface area contributed by atoms with Crippen molar-refractivity contribution in [2.24, 2.45) is 0 Å². The molecule has 6 aromatic carbocycles. The van der Waals surface area contributed by atoms with E-state index in [1.54, 1.807) is 0 Å². The average molecular weight is 535 g/mol. The van der Waals surface area contributed by atoms with Gasteiger partial charge in [0.2, 0.25) is 0 Å². The standard InChI is InChI=1S/C40H26N2/c1-4-15-27(16-5-1)30-24-14-26-35-37(30)31-21-10-11-22-32(31)39-36(28-17-6-2-7-18-28)38-33-23-12-13-25-34(33)41(40(38)42(35)39)29-19-8-3-9-20-29/h1-26H. The Balaban J connectivity index is 1.64. The molecule has 0 aliphatic heterocycles. The first kappa shape index (κ1) is 23.1. The van der Waals surface area contributed by atoms with Gasteiger partial charge in [0.25, 0.3) is 0 Å². The third-order valence-corrected chi connectivity index (χ3v) is 8.67. The van der Waals surface area contributed by atoms with Crippen LogP contribution in [0.25, 0.3) is 77.1 Å². The van der Waals surface area contributed by atoms with E-state index >= 15 is 0 Å². The Morgan fingerprint density at radius 2 is 0.952 bits per heavy atom. The molecule has 0 fully saturated rings. The Bertz CT molecular complexity index is 2430. The number of benzene rings is 6. The summed E-state index contributed by atoms with van der Waals surface area (Å²) >= 11 is 0. The van der Waals surface area contributed by atoms with Crippen molar-refractivity contribution < 1.29 is 0 Å². The number of fused-ring (bicyclic) bond motifs is 10. The topological polar surface area (TPSA) is 9.34 Å². The van der Waals surface area contributed by atoms with Gasteiger partial charge in [-0.1, -0.05) is 133 Å². The molecule has 0 saturated heterocycles. The van der Waals surface area contributed by atoms with Crippen LogP contribution in [0.4, 0.5) is 0 Å². The normalized spacial score (nSPS) is 11.8. The van der Waals surface area contributed by atoms with E-state index in [0.29, 0.717) is 0 Å². The highest BCUT2D eigenvalue weighted by Gasteiger charge is 2.26. The number of aromatic nitrogens is 2. The average Bonchev–Trinajstić information content (AvgIpc) is 3.59. The second-order valence-corrected chi connectivity index (χ2v) is 10.9. The van der Waals surface area contributed by atoms with Gasteiger partial charge in [0.05, 0.1) is 16.6 Å². The highest BCUT2D eigenvalue weighted by molar-refractivity contribution is 6.28. The van der Waals surface area contributed by atoms with E-state index in [4.69, 9.17) is 0 Å². The molecule has 9 aromatic rings. The van der Waals surface area contributed by atoms with Crippen LogP contribution in [-0.4, -0.2) is 8.97 Å². The fraction of sp³-hybridized carbons (Fsp3) is 0. The third-order valence-electron chi connectivity index (χ3n) is 8.67. The fourth-order valence-corrected chi connectivity index (χ4v) is 7.01. The molecule has 2 heteroatoms. The van der Waals surface area contributed by atoms with E-state index < -0.39 is 0 Å². The Labute approximate surface area is 243 Å². The maximum absolute atomic E-state index is 2.54. The Morgan fingerprint density at radius 1 is 0.381 bits per heavy atom. The molecule has 0 N–H and O–H groups in total. The van der Waals surface area contributed by atoms with E-state index in [1.807, 2.05) is 0 Å². The zero-order valence-electron chi connectivity index (χ0n) is 22.9. The van der Waals surface area contributed by atoms with Gasteiger partial charge in [0, 0.05) is 32.8 Å². The number of pyridine rings is 1. The fourth-order valence-electron chi connectivity index (χ4n) is 7.01. The quantitative estimate of drug-likeness (QED) is 0.199. The van der Waals surface area contributed by atoms with Crippen molar-refractivity contribution in [1.29, 1.82) is 0 Å². The summed E-state index contributed by atoms with van der Waals surface area (Å²) in [4.78, 5) is 0. The van der Waals surface area contributed by atoms with Crippen molar-refractivity contribution in [3.63, 3.8) is 0 Å². The molecule has 42 heavy (non-hydrogen) atoms. The van der Waals surface area contributed by atoms with Gasteiger partial charge in [-0.3, -0.25) is 8.97 Å². The number of nitrogens with zero attached hydrogens (tertiary/aromatic N) is 2. The summed E-state index contributed by atoms with van der Waals surface area (Å²) in [5.74, 6) is 0. The van der Waals surface area contributed by atoms with E-state index in [1.165, 1.54) is 71.4 Å². The van der Waals surface area contributed by atoms with Gasteiger partial charge in [0.1, 0.15) is 5.65 Å². The van der Waals surface area contributed by atoms with Gasteiger partial charge in [-0.25, -0.2) is 0 Å². The minimum absolute atomic E-state index is 1.16. The number of para-hydroxylation sites is 2. The Kier molecular flexibility index (Phi) is 4.93.